The fourth-order valence-corrected chi connectivity index (χ4v) is 3.11. The van der Waals surface area contributed by atoms with Crippen molar-refractivity contribution in [2.75, 3.05) is 7.05 Å². The van der Waals surface area contributed by atoms with Crippen molar-refractivity contribution in [1.29, 1.82) is 0 Å². The van der Waals surface area contributed by atoms with Crippen molar-refractivity contribution in [1.82, 2.24) is 24.9 Å². The van der Waals surface area contributed by atoms with Gasteiger partial charge in [-0.2, -0.15) is 0 Å². The molecule has 0 N–H and O–H groups in total. The van der Waals surface area contributed by atoms with Gasteiger partial charge in [0.25, 0.3) is 5.91 Å². The molecule has 7 nitrogen and oxygen atoms in total. The van der Waals surface area contributed by atoms with Gasteiger partial charge in [0.2, 0.25) is 0 Å². The maximum atomic E-state index is 12.6. The van der Waals surface area contributed by atoms with E-state index in [1.807, 2.05) is 6.07 Å². The number of amides is 1. The van der Waals surface area contributed by atoms with Gasteiger partial charge >= 0.3 is 0 Å². The number of nitrogens with zero attached hydrogens (tertiary/aromatic N) is 5. The third kappa shape index (κ3) is 3.85. The van der Waals surface area contributed by atoms with Crippen LogP contribution in [0.4, 0.5) is 0 Å². The molecule has 3 heterocycles. The van der Waals surface area contributed by atoms with Crippen LogP contribution < -0.4 is 0 Å². The average Bonchev–Trinajstić information content (AvgIpc) is 3.30. The molecule has 1 amide bonds. The van der Waals surface area contributed by atoms with E-state index in [-0.39, 0.29) is 11.7 Å². The minimum absolute atomic E-state index is 0.236. The first-order valence-electron chi connectivity index (χ1n) is 8.42. The number of aromatic nitrogens is 4. The highest BCUT2D eigenvalue weighted by molar-refractivity contribution is 6.42. The van der Waals surface area contributed by atoms with E-state index < -0.39 is 0 Å². The molecule has 0 spiro atoms. The summed E-state index contributed by atoms with van der Waals surface area (Å²) in [7, 11) is 1.68. The van der Waals surface area contributed by atoms with Crippen LogP contribution >= 0.6 is 23.2 Å². The van der Waals surface area contributed by atoms with E-state index in [1.54, 1.807) is 54.5 Å². The second-order valence-corrected chi connectivity index (χ2v) is 7.13. The molecule has 9 heteroatoms. The van der Waals surface area contributed by atoms with Gasteiger partial charge in [-0.25, -0.2) is 4.68 Å². The van der Waals surface area contributed by atoms with Crippen LogP contribution in [-0.2, 0) is 13.1 Å². The number of furan rings is 1. The topological polar surface area (TPSA) is 77.1 Å². The van der Waals surface area contributed by atoms with E-state index >= 15 is 0 Å². The number of hydrogen-bond donors (Lipinski definition) is 0. The SMILES string of the molecule is CN(Cc1cn(Cc2ccc(Cl)c(Cl)c2)nn1)C(=O)c1cc2ncccc2o1. The third-order valence-electron chi connectivity index (χ3n) is 4.16. The Hall–Kier alpha value is -2.90. The Kier molecular flexibility index (Phi) is 5.02. The Balaban J connectivity index is 1.43. The Labute approximate surface area is 170 Å². The summed E-state index contributed by atoms with van der Waals surface area (Å²) in [5.74, 6) is -0.0172. The first-order chi connectivity index (χ1) is 13.5. The van der Waals surface area contributed by atoms with Crippen LogP contribution in [0.3, 0.4) is 0 Å². The van der Waals surface area contributed by atoms with Crippen molar-refractivity contribution in [2.24, 2.45) is 0 Å². The summed E-state index contributed by atoms with van der Waals surface area (Å²) in [4.78, 5) is 18.3. The highest BCUT2D eigenvalue weighted by Gasteiger charge is 2.18. The zero-order valence-electron chi connectivity index (χ0n) is 14.8. The fraction of sp³-hybridized carbons (Fsp3) is 0.158. The Morgan fingerprint density at radius 1 is 1.21 bits per heavy atom. The van der Waals surface area contributed by atoms with E-state index in [9.17, 15) is 4.79 Å². The number of carbonyl (C=O) groups is 1. The summed E-state index contributed by atoms with van der Waals surface area (Å²) in [6.07, 6.45) is 3.44. The van der Waals surface area contributed by atoms with Crippen molar-refractivity contribution in [3.8, 4) is 0 Å². The maximum absolute atomic E-state index is 12.6. The number of carbonyl (C=O) groups excluding carboxylic acids is 1. The molecule has 0 unspecified atom stereocenters. The molecule has 142 valence electrons. The lowest BCUT2D eigenvalue weighted by atomic mass is 10.2. The van der Waals surface area contributed by atoms with E-state index in [2.05, 4.69) is 15.3 Å². The van der Waals surface area contributed by atoms with Crippen molar-refractivity contribution in [3.05, 3.63) is 75.9 Å². The standard InChI is InChI=1S/C19H15Cl2N5O2/c1-25(19(27)18-8-16-17(28-18)3-2-6-22-16)10-13-11-26(24-23-13)9-12-4-5-14(20)15(21)7-12/h2-8,11H,9-10H2,1H3. The van der Waals surface area contributed by atoms with Gasteiger partial charge in [0, 0.05) is 19.3 Å². The molecule has 3 aromatic heterocycles. The lowest BCUT2D eigenvalue weighted by Crippen LogP contribution is -2.25. The monoisotopic (exact) mass is 415 g/mol. The molecule has 0 bridgehead atoms. The summed E-state index contributed by atoms with van der Waals surface area (Å²) in [6, 6.07) is 10.6. The number of halogens is 2. The van der Waals surface area contributed by atoms with Gasteiger partial charge in [0.05, 0.1) is 29.3 Å². The fourth-order valence-electron chi connectivity index (χ4n) is 2.79. The number of fused-ring (bicyclic) bond motifs is 1. The second kappa shape index (κ2) is 7.61. The van der Waals surface area contributed by atoms with Crippen molar-refractivity contribution in [3.63, 3.8) is 0 Å². The Morgan fingerprint density at radius 3 is 2.86 bits per heavy atom. The van der Waals surface area contributed by atoms with Gasteiger partial charge in [0.15, 0.2) is 11.3 Å². The Morgan fingerprint density at radius 2 is 2.07 bits per heavy atom. The van der Waals surface area contributed by atoms with Crippen molar-refractivity contribution >= 4 is 40.2 Å². The van der Waals surface area contributed by atoms with Crippen molar-refractivity contribution < 1.29 is 9.21 Å². The van der Waals surface area contributed by atoms with E-state index in [0.29, 0.717) is 39.9 Å². The smallest absolute Gasteiger partial charge is 0.289 e. The highest BCUT2D eigenvalue weighted by atomic mass is 35.5. The number of rotatable bonds is 5. The molecule has 28 heavy (non-hydrogen) atoms. The van der Waals surface area contributed by atoms with Crippen LogP contribution in [0.1, 0.15) is 21.8 Å². The van der Waals surface area contributed by atoms with Crippen LogP contribution in [0, 0.1) is 0 Å². The summed E-state index contributed by atoms with van der Waals surface area (Å²) in [5, 5.41) is 9.23. The summed E-state index contributed by atoms with van der Waals surface area (Å²) in [5.41, 5.74) is 2.83. The Bertz CT molecular complexity index is 1120. The minimum atomic E-state index is -0.253. The van der Waals surface area contributed by atoms with Gasteiger partial charge in [-0.05, 0) is 29.8 Å². The molecule has 0 atom stereocenters. The second-order valence-electron chi connectivity index (χ2n) is 6.31. The molecule has 0 fully saturated rings. The molecule has 0 saturated heterocycles. The largest absolute Gasteiger partial charge is 0.449 e. The molecule has 0 aliphatic carbocycles. The van der Waals surface area contributed by atoms with Gasteiger partial charge in [-0.15, -0.1) is 5.10 Å². The zero-order chi connectivity index (χ0) is 19.7. The number of benzene rings is 1. The van der Waals surface area contributed by atoms with Crippen LogP contribution in [0.5, 0.6) is 0 Å². The molecule has 0 aliphatic heterocycles. The molecule has 4 aromatic rings. The van der Waals surface area contributed by atoms with Gasteiger partial charge in [-0.3, -0.25) is 9.78 Å². The molecule has 0 saturated carbocycles. The van der Waals surface area contributed by atoms with Crippen LogP contribution in [0.2, 0.25) is 10.0 Å². The molecule has 0 radical (unpaired) electrons. The summed E-state index contributed by atoms with van der Waals surface area (Å²) < 4.78 is 7.25. The molecule has 4 rings (SSSR count). The lowest BCUT2D eigenvalue weighted by molar-refractivity contribution is 0.0754. The maximum Gasteiger partial charge on any atom is 0.289 e. The number of pyridine rings is 1. The average molecular weight is 416 g/mol. The van der Waals surface area contributed by atoms with E-state index in [4.69, 9.17) is 27.6 Å². The quantitative estimate of drug-likeness (QED) is 0.491. The molecular weight excluding hydrogens is 401 g/mol. The summed E-state index contributed by atoms with van der Waals surface area (Å²) >= 11 is 12.0. The van der Waals surface area contributed by atoms with Crippen LogP contribution in [0.15, 0.2) is 53.2 Å². The lowest BCUT2D eigenvalue weighted by Gasteiger charge is -2.13. The van der Waals surface area contributed by atoms with E-state index in [1.165, 1.54) is 4.90 Å². The molecular formula is C19H15Cl2N5O2. The van der Waals surface area contributed by atoms with E-state index in [0.717, 1.165) is 5.56 Å². The molecule has 0 aliphatic rings. The van der Waals surface area contributed by atoms with Gasteiger partial charge < -0.3 is 9.32 Å². The van der Waals surface area contributed by atoms with Crippen LogP contribution in [-0.4, -0.2) is 37.8 Å². The van der Waals surface area contributed by atoms with Gasteiger partial charge in [-0.1, -0.05) is 34.5 Å². The van der Waals surface area contributed by atoms with Crippen molar-refractivity contribution in [2.45, 2.75) is 13.1 Å². The molecule has 1 aromatic carbocycles. The minimum Gasteiger partial charge on any atom is -0.449 e. The first-order valence-corrected chi connectivity index (χ1v) is 9.18. The first kappa shape index (κ1) is 18.5. The summed E-state index contributed by atoms with van der Waals surface area (Å²) in [6.45, 7) is 0.793. The normalized spacial score (nSPS) is 11.1. The predicted octanol–water partition coefficient (Wildman–Crippen LogP) is 4.05. The highest BCUT2D eigenvalue weighted by Crippen LogP contribution is 2.23. The van der Waals surface area contributed by atoms with Gasteiger partial charge in [0.1, 0.15) is 11.2 Å². The zero-order valence-corrected chi connectivity index (χ0v) is 16.4. The predicted molar refractivity (Wildman–Crippen MR) is 105 cm³/mol. The number of hydrogen-bond acceptors (Lipinski definition) is 5. The van der Waals surface area contributed by atoms with Crippen LogP contribution in [0.25, 0.3) is 11.1 Å². The third-order valence-corrected chi connectivity index (χ3v) is 4.90.